The van der Waals surface area contributed by atoms with Gasteiger partial charge in [-0.05, 0) is 38.5 Å². The smallest absolute Gasteiger partial charge is 0.369 e. The highest BCUT2D eigenvalue weighted by Gasteiger charge is 2.30. The molecule has 1 aliphatic carbocycles. The van der Waals surface area contributed by atoms with Crippen molar-refractivity contribution in [1.82, 2.24) is 0 Å². The first-order chi connectivity index (χ1) is 5.97. The van der Waals surface area contributed by atoms with Crippen LogP contribution in [0.15, 0.2) is 0 Å². The molecule has 1 nitrogen and oxygen atoms in total. The molecule has 1 rings (SSSR count). The van der Waals surface area contributed by atoms with Crippen LogP contribution in [0.2, 0.25) is 0 Å². The van der Waals surface area contributed by atoms with Gasteiger partial charge in [0.25, 0.3) is 0 Å². The Balaban J connectivity index is 2.16. The van der Waals surface area contributed by atoms with Gasteiger partial charge in [-0.1, -0.05) is 0 Å². The van der Waals surface area contributed by atoms with E-state index in [1.807, 2.05) is 0 Å². The van der Waals surface area contributed by atoms with Crippen LogP contribution in [0.3, 0.4) is 0 Å². The number of ether oxygens (including phenoxy) is 1. The zero-order valence-electron chi connectivity index (χ0n) is 7.23. The van der Waals surface area contributed by atoms with Crippen molar-refractivity contribution in [2.75, 3.05) is 6.61 Å². The first kappa shape index (κ1) is 10.8. The number of rotatable bonds is 2. The Morgan fingerprint density at radius 1 is 1.15 bits per heavy atom. The third-order valence-corrected chi connectivity index (χ3v) is 2.16. The van der Waals surface area contributed by atoms with Gasteiger partial charge in [0.15, 0.2) is 0 Å². The van der Waals surface area contributed by atoms with E-state index < -0.39 is 12.8 Å². The lowest BCUT2D eigenvalue weighted by atomic mass is 9.89. The van der Waals surface area contributed by atoms with E-state index in [-0.39, 0.29) is 12.0 Å². The normalized spacial score (nSPS) is 30.5. The van der Waals surface area contributed by atoms with Gasteiger partial charge < -0.3 is 4.74 Å². The quantitative estimate of drug-likeness (QED) is 0.655. The maximum absolute atomic E-state index is 11.7. The molecule has 0 aromatic rings. The molecule has 13 heavy (non-hydrogen) atoms. The monoisotopic (exact) mass is 193 g/mol. The molecule has 0 saturated heterocycles. The molecule has 75 valence electrons. The second-order valence-corrected chi connectivity index (χ2v) is 3.40. The summed E-state index contributed by atoms with van der Waals surface area (Å²) in [6.07, 6.45) is -2.03. The summed E-state index contributed by atoms with van der Waals surface area (Å²) in [6.45, 7) is 6.19. The fourth-order valence-corrected chi connectivity index (χ4v) is 1.44. The van der Waals surface area contributed by atoms with Gasteiger partial charge in [0.05, 0.1) is 6.10 Å². The predicted molar refractivity (Wildman–Crippen MR) is 41.0 cm³/mol. The molecule has 0 spiro atoms. The first-order valence-electron chi connectivity index (χ1n) is 4.37. The Morgan fingerprint density at radius 3 is 2.15 bits per heavy atom. The van der Waals surface area contributed by atoms with E-state index in [0.717, 1.165) is 0 Å². The van der Waals surface area contributed by atoms with Gasteiger partial charge in [0.2, 0.25) is 0 Å². The Bertz CT molecular complexity index is 147. The van der Waals surface area contributed by atoms with Gasteiger partial charge in [-0.3, -0.25) is 0 Å². The number of halogens is 3. The van der Waals surface area contributed by atoms with E-state index in [4.69, 9.17) is 6.92 Å². The fraction of sp³-hybridized carbons (Fsp3) is 0.889. The summed E-state index contributed by atoms with van der Waals surface area (Å²) in [7, 11) is 0. The van der Waals surface area contributed by atoms with Gasteiger partial charge in [-0.2, -0.15) is 13.2 Å². The van der Waals surface area contributed by atoms with E-state index in [2.05, 4.69) is 4.74 Å². The number of alkyl halides is 3. The van der Waals surface area contributed by atoms with Crippen LogP contribution in [0.1, 0.15) is 25.7 Å². The second-order valence-electron chi connectivity index (χ2n) is 3.40. The highest BCUT2D eigenvalue weighted by molar-refractivity contribution is 4.74. The topological polar surface area (TPSA) is 9.23 Å². The Kier molecular flexibility index (Phi) is 3.59. The molecule has 0 N–H and O–H groups in total. The molecule has 0 aliphatic heterocycles. The zero-order chi connectivity index (χ0) is 9.90. The zero-order valence-corrected chi connectivity index (χ0v) is 7.23. The van der Waals surface area contributed by atoms with Gasteiger partial charge >= 0.3 is 6.18 Å². The van der Waals surface area contributed by atoms with Crippen LogP contribution in [0.4, 0.5) is 13.2 Å². The molecular formula is C9H12F3O. The maximum Gasteiger partial charge on any atom is 0.411 e. The summed E-state index contributed by atoms with van der Waals surface area (Å²) >= 11 is 0. The minimum Gasteiger partial charge on any atom is -0.369 e. The van der Waals surface area contributed by atoms with Crippen LogP contribution in [-0.4, -0.2) is 18.9 Å². The van der Waals surface area contributed by atoms with Crippen LogP contribution in [0, 0.1) is 12.8 Å². The lowest BCUT2D eigenvalue weighted by Gasteiger charge is -2.26. The van der Waals surface area contributed by atoms with Crippen LogP contribution in [0.25, 0.3) is 0 Å². The van der Waals surface area contributed by atoms with Gasteiger partial charge in [0, 0.05) is 0 Å². The number of hydrogen-bond donors (Lipinski definition) is 0. The highest BCUT2D eigenvalue weighted by Crippen LogP contribution is 2.26. The SMILES string of the molecule is [C][C@H]1CC[C@H](OCC(F)(F)F)CC1. The fourth-order valence-electron chi connectivity index (χ4n) is 1.44. The minimum atomic E-state index is -4.22. The first-order valence-corrected chi connectivity index (χ1v) is 4.37. The van der Waals surface area contributed by atoms with E-state index in [9.17, 15) is 13.2 Å². The van der Waals surface area contributed by atoms with Crippen molar-refractivity contribution in [3.05, 3.63) is 6.92 Å². The molecule has 0 bridgehead atoms. The summed E-state index contributed by atoms with van der Waals surface area (Å²) in [6, 6.07) is 0. The molecule has 1 saturated carbocycles. The van der Waals surface area contributed by atoms with Gasteiger partial charge in [-0.15, -0.1) is 0 Å². The average Bonchev–Trinajstić information content (AvgIpc) is 2.02. The molecule has 0 aromatic carbocycles. The van der Waals surface area contributed by atoms with Crippen molar-refractivity contribution >= 4 is 0 Å². The lowest BCUT2D eigenvalue weighted by molar-refractivity contribution is -0.188. The predicted octanol–water partition coefficient (Wildman–Crippen LogP) is 2.71. The molecule has 0 unspecified atom stereocenters. The van der Waals surface area contributed by atoms with E-state index in [1.165, 1.54) is 0 Å². The lowest BCUT2D eigenvalue weighted by Crippen LogP contribution is -2.26. The summed E-state index contributed by atoms with van der Waals surface area (Å²) in [4.78, 5) is 0. The molecular weight excluding hydrogens is 181 g/mol. The average molecular weight is 193 g/mol. The summed E-state index contributed by atoms with van der Waals surface area (Å²) in [5.41, 5.74) is 0. The summed E-state index contributed by atoms with van der Waals surface area (Å²) in [5.74, 6) is -0.106. The third-order valence-electron chi connectivity index (χ3n) is 2.16. The largest absolute Gasteiger partial charge is 0.411 e. The second kappa shape index (κ2) is 4.31. The number of hydrogen-bond acceptors (Lipinski definition) is 1. The third kappa shape index (κ3) is 4.50. The molecule has 0 atom stereocenters. The molecule has 3 radical (unpaired) electrons. The molecule has 0 heterocycles. The van der Waals surface area contributed by atoms with Crippen LogP contribution >= 0.6 is 0 Å². The Morgan fingerprint density at radius 2 is 1.69 bits per heavy atom. The van der Waals surface area contributed by atoms with Crippen LogP contribution in [-0.2, 0) is 4.74 Å². The van der Waals surface area contributed by atoms with Crippen molar-refractivity contribution in [3.8, 4) is 0 Å². The molecule has 0 aromatic heterocycles. The van der Waals surface area contributed by atoms with Crippen molar-refractivity contribution in [2.24, 2.45) is 5.92 Å². The Labute approximate surface area is 76.3 Å². The van der Waals surface area contributed by atoms with Crippen molar-refractivity contribution in [1.29, 1.82) is 0 Å². The molecule has 4 heteroatoms. The molecule has 0 amide bonds. The molecule has 1 fully saturated rings. The van der Waals surface area contributed by atoms with Crippen molar-refractivity contribution in [3.63, 3.8) is 0 Å². The van der Waals surface area contributed by atoms with E-state index >= 15 is 0 Å². The highest BCUT2D eigenvalue weighted by atomic mass is 19.4. The van der Waals surface area contributed by atoms with Crippen molar-refractivity contribution in [2.45, 2.75) is 38.0 Å². The maximum atomic E-state index is 11.7. The summed E-state index contributed by atoms with van der Waals surface area (Å²) < 4.78 is 39.9. The van der Waals surface area contributed by atoms with E-state index in [1.54, 1.807) is 0 Å². The van der Waals surface area contributed by atoms with Crippen molar-refractivity contribution < 1.29 is 17.9 Å². The standard InChI is InChI=1S/C9H12F3O/c1-7-2-4-8(5-3-7)13-6-9(10,11)12/h7-8H,2-6H2/t7-,8-. The van der Waals surface area contributed by atoms with E-state index in [0.29, 0.717) is 25.7 Å². The minimum absolute atomic E-state index is 0.106. The molecule has 1 aliphatic rings. The van der Waals surface area contributed by atoms with Crippen LogP contribution < -0.4 is 0 Å². The Hall–Kier alpha value is -0.250. The summed E-state index contributed by atoms with van der Waals surface area (Å²) in [5, 5.41) is 0. The van der Waals surface area contributed by atoms with Gasteiger partial charge in [-0.25, -0.2) is 0 Å². The van der Waals surface area contributed by atoms with Gasteiger partial charge in [0.1, 0.15) is 6.61 Å². The van der Waals surface area contributed by atoms with Crippen LogP contribution in [0.5, 0.6) is 0 Å².